The van der Waals surface area contributed by atoms with Crippen molar-refractivity contribution < 1.29 is 9.90 Å². The number of aromatic carboxylic acids is 1. The maximum Gasteiger partial charge on any atom is 0.337 e. The summed E-state index contributed by atoms with van der Waals surface area (Å²) in [6.45, 7) is 0.814. The van der Waals surface area contributed by atoms with Gasteiger partial charge in [-0.3, -0.25) is 0 Å². The Bertz CT molecular complexity index is 524. The van der Waals surface area contributed by atoms with E-state index in [0.717, 1.165) is 19.4 Å². The number of rotatable bonds is 6. The average Bonchev–Trinajstić information content (AvgIpc) is 2.45. The van der Waals surface area contributed by atoms with Crippen molar-refractivity contribution in [2.24, 2.45) is 0 Å². The third-order valence-corrected chi connectivity index (χ3v) is 2.80. The standard InChI is InChI=1S/C15H16N2O2/c18-15(19)13-8-9-14(17-11-13)16-10-4-7-12-5-2-1-3-6-12/h1-3,5-6,8-9,11H,4,7,10H2,(H,16,17)(H,18,19). The van der Waals surface area contributed by atoms with Crippen LogP contribution in [0.4, 0.5) is 5.82 Å². The second-order valence-corrected chi connectivity index (χ2v) is 4.25. The van der Waals surface area contributed by atoms with Gasteiger partial charge in [0.1, 0.15) is 5.82 Å². The van der Waals surface area contributed by atoms with Crippen LogP contribution in [-0.4, -0.2) is 22.6 Å². The van der Waals surface area contributed by atoms with Gasteiger partial charge >= 0.3 is 5.97 Å². The van der Waals surface area contributed by atoms with Gasteiger partial charge in [0.05, 0.1) is 5.56 Å². The molecule has 0 fully saturated rings. The number of carboxylic acid groups (broad SMARTS) is 1. The quantitative estimate of drug-likeness (QED) is 0.780. The van der Waals surface area contributed by atoms with Crippen LogP contribution in [0.2, 0.25) is 0 Å². The smallest absolute Gasteiger partial charge is 0.337 e. The summed E-state index contributed by atoms with van der Waals surface area (Å²) in [5, 5.41) is 11.9. The van der Waals surface area contributed by atoms with Gasteiger partial charge in [-0.05, 0) is 30.5 Å². The highest BCUT2D eigenvalue weighted by molar-refractivity contribution is 5.87. The number of nitrogens with one attached hydrogen (secondary N) is 1. The number of aromatic nitrogens is 1. The van der Waals surface area contributed by atoms with E-state index in [1.54, 1.807) is 12.1 Å². The minimum absolute atomic E-state index is 0.204. The first-order chi connectivity index (χ1) is 9.25. The summed E-state index contributed by atoms with van der Waals surface area (Å²) in [6.07, 6.45) is 3.38. The fourth-order valence-corrected chi connectivity index (χ4v) is 1.78. The molecule has 19 heavy (non-hydrogen) atoms. The Morgan fingerprint density at radius 3 is 2.58 bits per heavy atom. The molecular weight excluding hydrogens is 240 g/mol. The highest BCUT2D eigenvalue weighted by atomic mass is 16.4. The van der Waals surface area contributed by atoms with Crippen LogP contribution in [0.1, 0.15) is 22.3 Å². The molecule has 0 aliphatic rings. The number of pyridine rings is 1. The van der Waals surface area contributed by atoms with Crippen LogP contribution in [0.15, 0.2) is 48.7 Å². The molecule has 2 aromatic rings. The monoisotopic (exact) mass is 256 g/mol. The lowest BCUT2D eigenvalue weighted by atomic mass is 10.1. The van der Waals surface area contributed by atoms with Crippen molar-refractivity contribution in [3.63, 3.8) is 0 Å². The molecule has 0 saturated heterocycles. The van der Waals surface area contributed by atoms with Crippen molar-refractivity contribution in [2.75, 3.05) is 11.9 Å². The molecule has 4 heteroatoms. The SMILES string of the molecule is O=C(O)c1ccc(NCCCc2ccccc2)nc1. The summed E-state index contributed by atoms with van der Waals surface area (Å²) in [7, 11) is 0. The second kappa shape index (κ2) is 6.54. The second-order valence-electron chi connectivity index (χ2n) is 4.25. The number of benzene rings is 1. The summed E-state index contributed by atoms with van der Waals surface area (Å²) in [6, 6.07) is 13.5. The maximum atomic E-state index is 10.7. The Kier molecular flexibility index (Phi) is 4.50. The molecule has 0 radical (unpaired) electrons. The van der Waals surface area contributed by atoms with Crippen molar-refractivity contribution in [1.82, 2.24) is 4.98 Å². The van der Waals surface area contributed by atoms with Gasteiger partial charge in [-0.2, -0.15) is 0 Å². The lowest BCUT2D eigenvalue weighted by Crippen LogP contribution is -2.05. The van der Waals surface area contributed by atoms with E-state index in [0.29, 0.717) is 5.82 Å². The summed E-state index contributed by atoms with van der Waals surface area (Å²) >= 11 is 0. The predicted octanol–water partition coefficient (Wildman–Crippen LogP) is 2.82. The normalized spacial score (nSPS) is 10.1. The van der Waals surface area contributed by atoms with Gasteiger partial charge in [0.15, 0.2) is 0 Å². The van der Waals surface area contributed by atoms with Crippen molar-refractivity contribution >= 4 is 11.8 Å². The lowest BCUT2D eigenvalue weighted by molar-refractivity contribution is 0.0696. The minimum atomic E-state index is -0.955. The van der Waals surface area contributed by atoms with E-state index in [9.17, 15) is 4.79 Å². The molecule has 1 heterocycles. The molecule has 0 unspecified atom stereocenters. The molecule has 2 N–H and O–H groups in total. The number of carboxylic acids is 1. The fourth-order valence-electron chi connectivity index (χ4n) is 1.78. The van der Waals surface area contributed by atoms with E-state index in [-0.39, 0.29) is 5.56 Å². The zero-order valence-electron chi connectivity index (χ0n) is 10.5. The van der Waals surface area contributed by atoms with Gasteiger partial charge in [0.2, 0.25) is 0 Å². The summed E-state index contributed by atoms with van der Waals surface area (Å²) in [5.74, 6) is -0.249. The maximum absolute atomic E-state index is 10.7. The number of anilines is 1. The van der Waals surface area contributed by atoms with Crippen LogP contribution < -0.4 is 5.32 Å². The highest BCUT2D eigenvalue weighted by Gasteiger charge is 2.02. The van der Waals surface area contributed by atoms with Crippen LogP contribution in [-0.2, 0) is 6.42 Å². The molecule has 98 valence electrons. The summed E-state index contributed by atoms with van der Waals surface area (Å²) in [4.78, 5) is 14.7. The minimum Gasteiger partial charge on any atom is -0.478 e. The van der Waals surface area contributed by atoms with E-state index >= 15 is 0 Å². The molecule has 0 aliphatic heterocycles. The Labute approximate surface area is 112 Å². The van der Waals surface area contributed by atoms with Crippen molar-refractivity contribution in [2.45, 2.75) is 12.8 Å². The van der Waals surface area contributed by atoms with Crippen molar-refractivity contribution in [3.05, 3.63) is 59.8 Å². The molecule has 2 rings (SSSR count). The Hall–Kier alpha value is -2.36. The van der Waals surface area contributed by atoms with Gasteiger partial charge in [-0.1, -0.05) is 30.3 Å². The van der Waals surface area contributed by atoms with Crippen LogP contribution >= 0.6 is 0 Å². The third-order valence-electron chi connectivity index (χ3n) is 2.80. The van der Waals surface area contributed by atoms with E-state index in [1.807, 2.05) is 18.2 Å². The first kappa shape index (κ1) is 13.1. The summed E-state index contributed by atoms with van der Waals surface area (Å²) in [5.41, 5.74) is 1.52. The zero-order chi connectivity index (χ0) is 13.5. The van der Waals surface area contributed by atoms with E-state index in [2.05, 4.69) is 22.4 Å². The molecular formula is C15H16N2O2. The van der Waals surface area contributed by atoms with Gasteiger partial charge in [-0.15, -0.1) is 0 Å². The lowest BCUT2D eigenvalue weighted by Gasteiger charge is -2.05. The molecule has 0 bridgehead atoms. The predicted molar refractivity (Wildman–Crippen MR) is 74.4 cm³/mol. The Morgan fingerprint density at radius 2 is 1.95 bits per heavy atom. The van der Waals surface area contributed by atoms with Gasteiger partial charge < -0.3 is 10.4 Å². The number of nitrogens with zero attached hydrogens (tertiary/aromatic N) is 1. The van der Waals surface area contributed by atoms with Crippen molar-refractivity contribution in [1.29, 1.82) is 0 Å². The van der Waals surface area contributed by atoms with Crippen LogP contribution in [0.5, 0.6) is 0 Å². The van der Waals surface area contributed by atoms with Gasteiger partial charge in [0.25, 0.3) is 0 Å². The first-order valence-electron chi connectivity index (χ1n) is 6.23. The van der Waals surface area contributed by atoms with E-state index in [4.69, 9.17) is 5.11 Å². The topological polar surface area (TPSA) is 62.2 Å². The largest absolute Gasteiger partial charge is 0.478 e. The van der Waals surface area contributed by atoms with E-state index < -0.39 is 5.97 Å². The molecule has 0 amide bonds. The Morgan fingerprint density at radius 1 is 1.16 bits per heavy atom. The number of carbonyl (C=O) groups is 1. The molecule has 0 aliphatic carbocycles. The van der Waals surface area contributed by atoms with Gasteiger partial charge in [0, 0.05) is 12.7 Å². The average molecular weight is 256 g/mol. The molecule has 1 aromatic heterocycles. The molecule has 0 spiro atoms. The van der Waals surface area contributed by atoms with Gasteiger partial charge in [-0.25, -0.2) is 9.78 Å². The third kappa shape index (κ3) is 4.10. The zero-order valence-corrected chi connectivity index (χ0v) is 10.5. The number of hydrogen-bond donors (Lipinski definition) is 2. The Balaban J connectivity index is 1.75. The molecule has 0 saturated carbocycles. The fraction of sp³-hybridized carbons (Fsp3) is 0.200. The first-order valence-corrected chi connectivity index (χ1v) is 6.23. The molecule has 4 nitrogen and oxygen atoms in total. The summed E-state index contributed by atoms with van der Waals surface area (Å²) < 4.78 is 0. The van der Waals surface area contributed by atoms with Crippen LogP contribution in [0, 0.1) is 0 Å². The number of hydrogen-bond acceptors (Lipinski definition) is 3. The van der Waals surface area contributed by atoms with Crippen LogP contribution in [0.3, 0.4) is 0 Å². The van der Waals surface area contributed by atoms with Crippen molar-refractivity contribution in [3.8, 4) is 0 Å². The van der Waals surface area contributed by atoms with Crippen LogP contribution in [0.25, 0.3) is 0 Å². The molecule has 0 atom stereocenters. The van der Waals surface area contributed by atoms with E-state index in [1.165, 1.54) is 11.8 Å². The highest BCUT2D eigenvalue weighted by Crippen LogP contribution is 2.06. The number of aryl methyl sites for hydroxylation is 1. The molecule has 1 aromatic carbocycles.